The molecule has 0 atom stereocenters. The lowest BCUT2D eigenvalue weighted by Gasteiger charge is -2.05. The van der Waals surface area contributed by atoms with Gasteiger partial charge in [-0.1, -0.05) is 6.07 Å². The van der Waals surface area contributed by atoms with Gasteiger partial charge in [0, 0.05) is 7.05 Å². The van der Waals surface area contributed by atoms with Crippen LogP contribution >= 0.6 is 0 Å². The molecule has 0 unspecified atom stereocenters. The van der Waals surface area contributed by atoms with Crippen molar-refractivity contribution in [3.8, 4) is 11.4 Å². The normalized spacial score (nSPS) is 10.4. The van der Waals surface area contributed by atoms with Crippen LogP contribution in [-0.4, -0.2) is 20.4 Å². The lowest BCUT2D eigenvalue weighted by molar-refractivity contribution is 0.0995. The molecule has 0 saturated carbocycles. The lowest BCUT2D eigenvalue weighted by Crippen LogP contribution is -2.15. The third kappa shape index (κ3) is 1.67. The molecule has 16 heavy (non-hydrogen) atoms. The number of nitrogens with zero attached hydrogens (tertiary/aromatic N) is 3. The minimum atomic E-state index is -0.512. The summed E-state index contributed by atoms with van der Waals surface area (Å²) in [6.45, 7) is 1.81. The Labute approximate surface area is 92.9 Å². The first-order valence-corrected chi connectivity index (χ1v) is 4.83. The van der Waals surface area contributed by atoms with Crippen LogP contribution in [-0.2, 0) is 7.05 Å². The molecule has 2 aromatic rings. The van der Waals surface area contributed by atoms with E-state index in [9.17, 15) is 4.79 Å². The summed E-state index contributed by atoms with van der Waals surface area (Å²) in [5.41, 5.74) is 7.88. The maximum Gasteiger partial charge on any atom is 0.267 e. The van der Waals surface area contributed by atoms with E-state index in [1.54, 1.807) is 19.4 Å². The van der Waals surface area contributed by atoms with E-state index in [0.717, 1.165) is 11.3 Å². The van der Waals surface area contributed by atoms with Gasteiger partial charge in [0.1, 0.15) is 5.69 Å². The van der Waals surface area contributed by atoms with E-state index < -0.39 is 5.91 Å². The average molecular weight is 216 g/mol. The van der Waals surface area contributed by atoms with Crippen LogP contribution in [0.5, 0.6) is 0 Å². The number of aryl methyl sites for hydroxylation is 2. The molecule has 0 bridgehead atoms. The molecule has 0 saturated heterocycles. The zero-order valence-corrected chi connectivity index (χ0v) is 9.14. The zero-order chi connectivity index (χ0) is 11.7. The highest BCUT2D eigenvalue weighted by Crippen LogP contribution is 2.17. The van der Waals surface area contributed by atoms with Crippen LogP contribution in [0.2, 0.25) is 0 Å². The molecule has 2 N–H and O–H groups in total. The highest BCUT2D eigenvalue weighted by atomic mass is 16.1. The third-order valence-electron chi connectivity index (χ3n) is 2.41. The zero-order valence-electron chi connectivity index (χ0n) is 9.14. The van der Waals surface area contributed by atoms with Crippen LogP contribution in [0, 0.1) is 6.92 Å². The van der Waals surface area contributed by atoms with E-state index in [-0.39, 0.29) is 0 Å². The molecule has 5 nitrogen and oxygen atoms in total. The second-order valence-corrected chi connectivity index (χ2v) is 3.62. The number of pyridine rings is 1. The number of nitrogens with two attached hydrogens (primary N) is 1. The van der Waals surface area contributed by atoms with Crippen LogP contribution in [0.1, 0.15) is 16.1 Å². The van der Waals surface area contributed by atoms with Gasteiger partial charge in [-0.2, -0.15) is 0 Å². The Bertz CT molecular complexity index is 545. The fourth-order valence-electron chi connectivity index (χ4n) is 1.52. The molecular formula is C11H12N4O. The lowest BCUT2D eigenvalue weighted by atomic mass is 10.1. The first-order valence-electron chi connectivity index (χ1n) is 4.83. The number of amides is 1. The van der Waals surface area contributed by atoms with Crippen molar-refractivity contribution in [2.45, 2.75) is 6.92 Å². The predicted molar refractivity (Wildman–Crippen MR) is 59.7 cm³/mol. The first-order chi connectivity index (χ1) is 7.59. The molecule has 0 fully saturated rings. The molecule has 82 valence electrons. The van der Waals surface area contributed by atoms with Gasteiger partial charge in [0.15, 0.2) is 0 Å². The molecule has 2 rings (SSSR count). The van der Waals surface area contributed by atoms with E-state index in [0.29, 0.717) is 11.4 Å². The first kappa shape index (κ1) is 10.4. The highest BCUT2D eigenvalue weighted by molar-refractivity contribution is 5.92. The fraction of sp³-hybridized carbons (Fsp3) is 0.182. The van der Waals surface area contributed by atoms with Crippen molar-refractivity contribution < 1.29 is 4.79 Å². The number of primary amides is 1. The Balaban J connectivity index is 2.56. The van der Waals surface area contributed by atoms with E-state index in [1.807, 2.05) is 23.7 Å². The molecule has 0 aromatic carbocycles. The van der Waals surface area contributed by atoms with Gasteiger partial charge in [0.05, 0.1) is 23.9 Å². The van der Waals surface area contributed by atoms with Gasteiger partial charge in [-0.15, -0.1) is 0 Å². The van der Waals surface area contributed by atoms with Gasteiger partial charge >= 0.3 is 0 Å². The Morgan fingerprint density at radius 3 is 2.75 bits per heavy atom. The summed E-state index contributed by atoms with van der Waals surface area (Å²) in [6, 6.07) is 3.67. The minimum absolute atomic E-state index is 0.304. The molecule has 1 amide bonds. The molecule has 0 spiro atoms. The number of hydrogen-bond donors (Lipinski definition) is 1. The van der Waals surface area contributed by atoms with Crippen LogP contribution in [0.4, 0.5) is 0 Å². The van der Waals surface area contributed by atoms with Gasteiger partial charge in [-0.25, -0.2) is 9.97 Å². The molecule has 0 radical (unpaired) electrons. The summed E-state index contributed by atoms with van der Waals surface area (Å²) in [5, 5.41) is 0. The van der Waals surface area contributed by atoms with Crippen LogP contribution in [0.15, 0.2) is 24.7 Å². The monoisotopic (exact) mass is 216 g/mol. The predicted octanol–water partition coefficient (Wildman–Crippen LogP) is 0.889. The van der Waals surface area contributed by atoms with Gasteiger partial charge in [0.25, 0.3) is 5.91 Å². The number of rotatable bonds is 2. The summed E-state index contributed by atoms with van der Waals surface area (Å²) in [6.07, 6.45) is 3.38. The SMILES string of the molecule is Cc1ccc(-c2cncn2C)nc1C(N)=O. The summed E-state index contributed by atoms with van der Waals surface area (Å²) < 4.78 is 1.84. The van der Waals surface area contributed by atoms with Crippen LogP contribution in [0.3, 0.4) is 0 Å². The summed E-state index contributed by atoms with van der Waals surface area (Å²) in [4.78, 5) is 19.4. The van der Waals surface area contributed by atoms with E-state index >= 15 is 0 Å². The molecule has 2 aromatic heterocycles. The largest absolute Gasteiger partial charge is 0.364 e. The molecule has 5 heteroatoms. The summed E-state index contributed by atoms with van der Waals surface area (Å²) >= 11 is 0. The molecule has 0 aliphatic heterocycles. The minimum Gasteiger partial charge on any atom is -0.364 e. The van der Waals surface area contributed by atoms with E-state index in [4.69, 9.17) is 5.73 Å². The Morgan fingerprint density at radius 1 is 1.44 bits per heavy atom. The van der Waals surface area contributed by atoms with Crippen molar-refractivity contribution in [2.75, 3.05) is 0 Å². The molecular weight excluding hydrogens is 204 g/mol. The smallest absolute Gasteiger partial charge is 0.267 e. The number of imidazole rings is 1. The van der Waals surface area contributed by atoms with Crippen molar-refractivity contribution in [1.29, 1.82) is 0 Å². The Morgan fingerprint density at radius 2 is 2.19 bits per heavy atom. The average Bonchev–Trinajstić information content (AvgIpc) is 2.65. The fourth-order valence-corrected chi connectivity index (χ4v) is 1.52. The van der Waals surface area contributed by atoms with Crippen LogP contribution in [0.25, 0.3) is 11.4 Å². The Hall–Kier alpha value is -2.17. The van der Waals surface area contributed by atoms with E-state index in [1.165, 1.54) is 0 Å². The summed E-state index contributed by atoms with van der Waals surface area (Å²) in [7, 11) is 1.87. The standard InChI is InChI=1S/C11H12N4O/c1-7-3-4-8(14-10(7)11(12)16)9-5-13-6-15(9)2/h3-6H,1-2H3,(H2,12,16). The van der Waals surface area contributed by atoms with E-state index in [2.05, 4.69) is 9.97 Å². The third-order valence-corrected chi connectivity index (χ3v) is 2.41. The maximum atomic E-state index is 11.2. The number of hydrogen-bond acceptors (Lipinski definition) is 3. The van der Waals surface area contributed by atoms with Crippen molar-refractivity contribution >= 4 is 5.91 Å². The van der Waals surface area contributed by atoms with Gasteiger partial charge in [0.2, 0.25) is 0 Å². The second kappa shape index (κ2) is 3.77. The van der Waals surface area contributed by atoms with Gasteiger partial charge in [-0.3, -0.25) is 4.79 Å². The van der Waals surface area contributed by atoms with Crippen LogP contribution < -0.4 is 5.73 Å². The number of carbonyl (C=O) groups excluding carboxylic acids is 1. The summed E-state index contributed by atoms with van der Waals surface area (Å²) in [5.74, 6) is -0.512. The van der Waals surface area contributed by atoms with Crippen molar-refractivity contribution in [3.05, 3.63) is 35.9 Å². The molecule has 0 aliphatic rings. The van der Waals surface area contributed by atoms with Gasteiger partial charge < -0.3 is 10.3 Å². The van der Waals surface area contributed by atoms with Crippen molar-refractivity contribution in [3.63, 3.8) is 0 Å². The van der Waals surface area contributed by atoms with Gasteiger partial charge in [-0.05, 0) is 18.6 Å². The number of aromatic nitrogens is 3. The second-order valence-electron chi connectivity index (χ2n) is 3.62. The molecule has 2 heterocycles. The highest BCUT2D eigenvalue weighted by Gasteiger charge is 2.10. The van der Waals surface area contributed by atoms with Crippen molar-refractivity contribution in [1.82, 2.24) is 14.5 Å². The topological polar surface area (TPSA) is 73.8 Å². The Kier molecular flexibility index (Phi) is 2.44. The van der Waals surface area contributed by atoms with Crippen molar-refractivity contribution in [2.24, 2.45) is 12.8 Å². The molecule has 0 aliphatic carbocycles. The maximum absolute atomic E-state index is 11.2. The quantitative estimate of drug-likeness (QED) is 0.810. The number of carbonyl (C=O) groups is 1.